The van der Waals surface area contributed by atoms with Crippen LogP contribution in [-0.4, -0.2) is 32.1 Å². The molecular formula is C23H23NO6. The van der Waals surface area contributed by atoms with Gasteiger partial charge in [-0.3, -0.25) is 4.79 Å². The molecule has 7 heteroatoms. The maximum atomic E-state index is 12.1. The van der Waals surface area contributed by atoms with Crippen molar-refractivity contribution in [3.63, 3.8) is 0 Å². The summed E-state index contributed by atoms with van der Waals surface area (Å²) in [6.07, 6.45) is 2.87. The summed E-state index contributed by atoms with van der Waals surface area (Å²) in [5, 5.41) is 8.61. The van der Waals surface area contributed by atoms with Crippen LogP contribution in [0.2, 0.25) is 0 Å². The Hall–Kier alpha value is -3.79. The first-order valence-corrected chi connectivity index (χ1v) is 9.27. The second-order valence-corrected chi connectivity index (χ2v) is 6.11. The summed E-state index contributed by atoms with van der Waals surface area (Å²) in [6, 6.07) is 12.0. The molecule has 0 aliphatic rings. The van der Waals surface area contributed by atoms with Gasteiger partial charge in [-0.25, -0.2) is 4.79 Å². The summed E-state index contributed by atoms with van der Waals surface area (Å²) in [7, 11) is 1.49. The molecule has 0 bridgehead atoms. The van der Waals surface area contributed by atoms with Gasteiger partial charge in [0.2, 0.25) is 0 Å². The van der Waals surface area contributed by atoms with Crippen molar-refractivity contribution < 1.29 is 28.5 Å². The van der Waals surface area contributed by atoms with Crippen LogP contribution in [0.25, 0.3) is 6.08 Å². The molecule has 0 N–H and O–H groups in total. The van der Waals surface area contributed by atoms with Gasteiger partial charge < -0.3 is 18.9 Å². The number of hydrogen-bond donors (Lipinski definition) is 0. The SMILES string of the molecule is CCOc1ccc(C(C)=O)cc1COC(=O)/C=C/c1ccc(OCC#N)c(OC)c1. The summed E-state index contributed by atoms with van der Waals surface area (Å²) in [5.41, 5.74) is 1.83. The van der Waals surface area contributed by atoms with Crippen LogP contribution in [0.4, 0.5) is 0 Å². The summed E-state index contributed by atoms with van der Waals surface area (Å²) in [4.78, 5) is 23.7. The third-order valence-corrected chi connectivity index (χ3v) is 4.03. The lowest BCUT2D eigenvalue weighted by Gasteiger charge is -2.11. The Kier molecular flexibility index (Phi) is 8.45. The number of carbonyl (C=O) groups excluding carboxylic acids is 2. The summed E-state index contributed by atoms with van der Waals surface area (Å²) < 4.78 is 21.3. The highest BCUT2D eigenvalue weighted by Gasteiger charge is 2.10. The fourth-order valence-electron chi connectivity index (χ4n) is 2.59. The van der Waals surface area contributed by atoms with Crippen LogP contribution in [0.15, 0.2) is 42.5 Å². The van der Waals surface area contributed by atoms with Crippen LogP contribution in [-0.2, 0) is 16.1 Å². The van der Waals surface area contributed by atoms with E-state index in [1.54, 1.807) is 42.5 Å². The first-order valence-electron chi connectivity index (χ1n) is 9.27. The lowest BCUT2D eigenvalue weighted by Crippen LogP contribution is -2.05. The molecule has 0 heterocycles. The van der Waals surface area contributed by atoms with E-state index in [2.05, 4.69) is 0 Å². The number of hydrogen-bond acceptors (Lipinski definition) is 7. The number of ether oxygens (including phenoxy) is 4. The third-order valence-electron chi connectivity index (χ3n) is 4.03. The number of carbonyl (C=O) groups is 2. The van der Waals surface area contributed by atoms with E-state index in [-0.39, 0.29) is 19.0 Å². The fourth-order valence-corrected chi connectivity index (χ4v) is 2.59. The molecule has 0 saturated carbocycles. The van der Waals surface area contributed by atoms with Gasteiger partial charge in [0.05, 0.1) is 13.7 Å². The first-order chi connectivity index (χ1) is 14.5. The zero-order chi connectivity index (χ0) is 21.9. The van der Waals surface area contributed by atoms with Crippen LogP contribution >= 0.6 is 0 Å². The minimum Gasteiger partial charge on any atom is -0.493 e. The number of esters is 1. The Morgan fingerprint density at radius 1 is 1.07 bits per heavy atom. The Morgan fingerprint density at radius 2 is 1.83 bits per heavy atom. The van der Waals surface area contributed by atoms with Crippen molar-refractivity contribution in [2.45, 2.75) is 20.5 Å². The van der Waals surface area contributed by atoms with Gasteiger partial charge in [-0.05, 0) is 55.8 Å². The Labute approximate surface area is 175 Å². The van der Waals surface area contributed by atoms with Crippen LogP contribution in [0.1, 0.15) is 35.3 Å². The topological polar surface area (TPSA) is 94.9 Å². The molecule has 0 saturated heterocycles. The molecule has 2 rings (SSSR count). The van der Waals surface area contributed by atoms with Crippen molar-refractivity contribution in [3.8, 4) is 23.3 Å². The molecule has 0 unspecified atom stereocenters. The minimum atomic E-state index is -0.547. The van der Waals surface area contributed by atoms with Crippen molar-refractivity contribution >= 4 is 17.8 Å². The zero-order valence-corrected chi connectivity index (χ0v) is 17.1. The average molecular weight is 409 g/mol. The Bertz CT molecular complexity index is 974. The second kappa shape index (κ2) is 11.3. The molecule has 2 aromatic rings. The lowest BCUT2D eigenvalue weighted by atomic mass is 10.1. The van der Waals surface area contributed by atoms with Crippen LogP contribution in [0.3, 0.4) is 0 Å². The maximum absolute atomic E-state index is 12.1. The van der Waals surface area contributed by atoms with Crippen molar-refractivity contribution in [2.24, 2.45) is 0 Å². The highest BCUT2D eigenvalue weighted by Crippen LogP contribution is 2.28. The summed E-state index contributed by atoms with van der Waals surface area (Å²) in [6.45, 7) is 3.66. The molecule has 0 spiro atoms. The second-order valence-electron chi connectivity index (χ2n) is 6.11. The number of nitrogens with zero attached hydrogens (tertiary/aromatic N) is 1. The lowest BCUT2D eigenvalue weighted by molar-refractivity contribution is -0.138. The van der Waals surface area contributed by atoms with Gasteiger partial charge in [0.15, 0.2) is 23.9 Å². The monoisotopic (exact) mass is 409 g/mol. The van der Waals surface area contributed by atoms with E-state index in [4.69, 9.17) is 24.2 Å². The quantitative estimate of drug-likeness (QED) is 0.333. The zero-order valence-electron chi connectivity index (χ0n) is 17.1. The fraction of sp³-hybridized carbons (Fsp3) is 0.261. The van der Waals surface area contributed by atoms with Gasteiger partial charge in [0.25, 0.3) is 0 Å². The van der Waals surface area contributed by atoms with E-state index < -0.39 is 5.97 Å². The third kappa shape index (κ3) is 6.38. The van der Waals surface area contributed by atoms with E-state index in [1.165, 1.54) is 20.1 Å². The van der Waals surface area contributed by atoms with Crippen molar-refractivity contribution in [1.82, 2.24) is 0 Å². The van der Waals surface area contributed by atoms with Crippen molar-refractivity contribution in [1.29, 1.82) is 5.26 Å². The van der Waals surface area contributed by atoms with E-state index in [0.717, 1.165) is 0 Å². The van der Waals surface area contributed by atoms with E-state index in [0.29, 0.717) is 40.5 Å². The number of nitriles is 1. The van der Waals surface area contributed by atoms with E-state index in [9.17, 15) is 9.59 Å². The minimum absolute atomic E-state index is 0.0239. The largest absolute Gasteiger partial charge is 0.493 e. The van der Waals surface area contributed by atoms with E-state index >= 15 is 0 Å². The van der Waals surface area contributed by atoms with E-state index in [1.807, 2.05) is 13.0 Å². The molecule has 30 heavy (non-hydrogen) atoms. The molecule has 0 fully saturated rings. The van der Waals surface area contributed by atoms with Crippen molar-refractivity contribution in [3.05, 3.63) is 59.2 Å². The number of benzene rings is 2. The van der Waals surface area contributed by atoms with Gasteiger partial charge in [-0.2, -0.15) is 5.26 Å². The van der Waals surface area contributed by atoms with Crippen LogP contribution in [0, 0.1) is 11.3 Å². The molecule has 2 aromatic carbocycles. The molecular weight excluding hydrogens is 386 g/mol. The molecule has 0 radical (unpaired) electrons. The van der Waals surface area contributed by atoms with Gasteiger partial charge >= 0.3 is 5.97 Å². The number of Topliss-reactive ketones (excluding diaryl/α,β-unsaturated/α-hetero) is 1. The molecule has 0 aromatic heterocycles. The van der Waals surface area contributed by atoms with Crippen LogP contribution in [0.5, 0.6) is 17.2 Å². The predicted molar refractivity (Wildman–Crippen MR) is 111 cm³/mol. The summed E-state index contributed by atoms with van der Waals surface area (Å²) >= 11 is 0. The summed E-state index contributed by atoms with van der Waals surface area (Å²) in [5.74, 6) is 0.823. The standard InChI is InChI=1S/C23H23NO6/c1-4-28-20-9-7-18(16(2)25)14-19(20)15-30-23(26)10-6-17-5-8-21(29-12-11-24)22(13-17)27-3/h5-10,13-14H,4,12,15H2,1-3H3/b10-6+. The average Bonchev–Trinajstić information content (AvgIpc) is 2.75. The van der Waals surface area contributed by atoms with Gasteiger partial charge in [-0.15, -0.1) is 0 Å². The number of methoxy groups -OCH3 is 1. The molecule has 0 amide bonds. The molecule has 0 aliphatic carbocycles. The van der Waals surface area contributed by atoms with Gasteiger partial charge in [0.1, 0.15) is 18.4 Å². The Morgan fingerprint density at radius 3 is 2.50 bits per heavy atom. The maximum Gasteiger partial charge on any atom is 0.331 e. The first kappa shape index (κ1) is 22.5. The Balaban J connectivity index is 2.05. The highest BCUT2D eigenvalue weighted by atomic mass is 16.5. The molecule has 0 atom stereocenters. The predicted octanol–water partition coefficient (Wildman–Crippen LogP) is 3.96. The van der Waals surface area contributed by atoms with Crippen LogP contribution < -0.4 is 14.2 Å². The number of ketones is 1. The highest BCUT2D eigenvalue weighted by molar-refractivity contribution is 5.94. The van der Waals surface area contributed by atoms with Gasteiger partial charge in [-0.1, -0.05) is 6.07 Å². The normalized spacial score (nSPS) is 10.3. The molecule has 0 aliphatic heterocycles. The van der Waals surface area contributed by atoms with Crippen molar-refractivity contribution in [2.75, 3.05) is 20.3 Å². The van der Waals surface area contributed by atoms with Gasteiger partial charge in [0, 0.05) is 17.2 Å². The smallest absolute Gasteiger partial charge is 0.331 e. The number of rotatable bonds is 10. The molecule has 7 nitrogen and oxygen atoms in total. The molecule has 156 valence electrons.